The van der Waals surface area contributed by atoms with Crippen molar-refractivity contribution in [2.75, 3.05) is 6.61 Å². The minimum Gasteiger partial charge on any atom is -0.344 e. The Labute approximate surface area is 193 Å². The molecule has 0 saturated carbocycles. The lowest BCUT2D eigenvalue weighted by Gasteiger charge is -2.10. The molecule has 4 nitrogen and oxygen atoms in total. The highest BCUT2D eigenvalue weighted by Gasteiger charge is 2.18. The van der Waals surface area contributed by atoms with Gasteiger partial charge < -0.3 is 6.15 Å². The maximum Gasteiger partial charge on any atom is 0.297 e. The Balaban J connectivity index is 0.00000900. The Morgan fingerprint density at radius 2 is 1.10 bits per heavy atom. The standard InChI is InChI=1S/C26H46O3S.H3N/c1-4-5-6-7-8-9-10-11-12-13-14-15-16-17-18-19-23-29-30(27,28)26-22-20-21-24(2)25(26)3;/h20-22H,4-19,23H2,1-3H3;1H3. The van der Waals surface area contributed by atoms with Crippen LogP contribution in [-0.4, -0.2) is 15.0 Å². The van der Waals surface area contributed by atoms with E-state index in [2.05, 4.69) is 6.92 Å². The van der Waals surface area contributed by atoms with Crippen LogP contribution in [0.15, 0.2) is 23.1 Å². The van der Waals surface area contributed by atoms with Gasteiger partial charge in [-0.1, -0.05) is 115 Å². The molecule has 0 spiro atoms. The number of hydrogen-bond donors (Lipinski definition) is 1. The summed E-state index contributed by atoms with van der Waals surface area (Å²) >= 11 is 0. The third-order valence-electron chi connectivity index (χ3n) is 6.06. The predicted octanol–water partition coefficient (Wildman–Crippen LogP) is 8.43. The summed E-state index contributed by atoms with van der Waals surface area (Å²) in [4.78, 5) is 0.305. The fourth-order valence-electron chi connectivity index (χ4n) is 3.88. The maximum absolute atomic E-state index is 12.3. The van der Waals surface area contributed by atoms with Gasteiger partial charge in [0.25, 0.3) is 10.1 Å². The van der Waals surface area contributed by atoms with Gasteiger partial charge in [-0.2, -0.15) is 8.42 Å². The van der Waals surface area contributed by atoms with Crippen LogP contribution in [0.4, 0.5) is 0 Å². The fourth-order valence-corrected chi connectivity index (χ4v) is 5.12. The summed E-state index contributed by atoms with van der Waals surface area (Å²) in [6.07, 6.45) is 20.9. The van der Waals surface area contributed by atoms with Crippen LogP contribution in [0, 0.1) is 13.8 Å². The zero-order valence-corrected chi connectivity index (χ0v) is 21.4. The van der Waals surface area contributed by atoms with E-state index in [0.29, 0.717) is 4.90 Å². The number of hydrogen-bond acceptors (Lipinski definition) is 4. The summed E-state index contributed by atoms with van der Waals surface area (Å²) < 4.78 is 29.9. The van der Waals surface area contributed by atoms with Crippen molar-refractivity contribution in [3.8, 4) is 0 Å². The highest BCUT2D eigenvalue weighted by Crippen LogP contribution is 2.21. The second kappa shape index (κ2) is 18.6. The molecule has 0 aliphatic heterocycles. The second-order valence-electron chi connectivity index (χ2n) is 8.78. The normalized spacial score (nSPS) is 11.5. The first-order valence-electron chi connectivity index (χ1n) is 12.4. The fraction of sp³-hybridized carbons (Fsp3) is 0.769. The van der Waals surface area contributed by atoms with Crippen LogP contribution >= 0.6 is 0 Å². The van der Waals surface area contributed by atoms with E-state index in [0.717, 1.165) is 24.0 Å². The van der Waals surface area contributed by atoms with Crippen molar-refractivity contribution in [1.29, 1.82) is 0 Å². The number of rotatable bonds is 19. The van der Waals surface area contributed by atoms with Crippen LogP contribution in [0.1, 0.15) is 121 Å². The lowest BCUT2D eigenvalue weighted by Crippen LogP contribution is -2.09. The topological polar surface area (TPSA) is 78.4 Å². The molecule has 0 bridgehead atoms. The number of unbranched alkanes of at least 4 members (excludes halogenated alkanes) is 15. The summed E-state index contributed by atoms with van der Waals surface area (Å²) in [5, 5.41) is 0. The van der Waals surface area contributed by atoms with Crippen molar-refractivity contribution in [3.63, 3.8) is 0 Å². The molecule has 0 amide bonds. The van der Waals surface area contributed by atoms with E-state index >= 15 is 0 Å². The Kier molecular flexibility index (Phi) is 18.1. The van der Waals surface area contributed by atoms with Gasteiger partial charge in [0.1, 0.15) is 0 Å². The van der Waals surface area contributed by atoms with E-state index in [1.54, 1.807) is 12.1 Å². The lowest BCUT2D eigenvalue weighted by atomic mass is 10.0. The van der Waals surface area contributed by atoms with Crippen LogP contribution in [0.2, 0.25) is 0 Å². The summed E-state index contributed by atoms with van der Waals surface area (Å²) in [6, 6.07) is 5.32. The van der Waals surface area contributed by atoms with Crippen LogP contribution in [0.3, 0.4) is 0 Å². The van der Waals surface area contributed by atoms with Gasteiger partial charge in [-0.05, 0) is 37.5 Å². The van der Waals surface area contributed by atoms with Crippen LogP contribution in [0.5, 0.6) is 0 Å². The van der Waals surface area contributed by atoms with Crippen LogP contribution in [0.25, 0.3) is 0 Å². The minimum atomic E-state index is -3.63. The van der Waals surface area contributed by atoms with Gasteiger partial charge in [-0.3, -0.25) is 4.18 Å². The molecule has 0 fully saturated rings. The molecule has 0 aliphatic rings. The molecule has 0 unspecified atom stereocenters. The molecular weight excluding hydrogens is 406 g/mol. The van der Waals surface area contributed by atoms with Crippen molar-refractivity contribution in [2.45, 2.75) is 128 Å². The van der Waals surface area contributed by atoms with Crippen molar-refractivity contribution in [3.05, 3.63) is 29.3 Å². The Hall–Kier alpha value is -0.910. The molecular formula is C26H49NO3S. The molecule has 1 aromatic rings. The van der Waals surface area contributed by atoms with Crippen molar-refractivity contribution >= 4 is 10.1 Å². The zero-order chi connectivity index (χ0) is 22.1. The van der Waals surface area contributed by atoms with Crippen LogP contribution < -0.4 is 6.15 Å². The first kappa shape index (κ1) is 30.1. The third-order valence-corrected chi connectivity index (χ3v) is 7.52. The first-order valence-corrected chi connectivity index (χ1v) is 13.9. The van der Waals surface area contributed by atoms with Gasteiger partial charge >= 0.3 is 0 Å². The predicted molar refractivity (Wildman–Crippen MR) is 134 cm³/mol. The molecule has 1 rings (SSSR count). The Morgan fingerprint density at radius 1 is 0.677 bits per heavy atom. The van der Waals surface area contributed by atoms with Gasteiger partial charge in [0.05, 0.1) is 11.5 Å². The second-order valence-corrected chi connectivity index (χ2v) is 10.4. The molecule has 3 N–H and O–H groups in total. The quantitative estimate of drug-likeness (QED) is 0.168. The van der Waals surface area contributed by atoms with Crippen molar-refractivity contribution in [1.82, 2.24) is 6.15 Å². The molecule has 31 heavy (non-hydrogen) atoms. The average Bonchev–Trinajstić information content (AvgIpc) is 2.72. The minimum absolute atomic E-state index is 0. The summed E-state index contributed by atoms with van der Waals surface area (Å²) in [7, 11) is -3.63. The molecule has 5 heteroatoms. The highest BCUT2D eigenvalue weighted by molar-refractivity contribution is 7.86. The Bertz CT molecular complexity index is 659. The van der Waals surface area contributed by atoms with E-state index in [-0.39, 0.29) is 12.8 Å². The van der Waals surface area contributed by atoms with Gasteiger partial charge in [0, 0.05) is 0 Å². The molecule has 0 atom stereocenters. The third kappa shape index (κ3) is 14.0. The smallest absolute Gasteiger partial charge is 0.297 e. The number of aryl methyl sites for hydroxylation is 1. The Morgan fingerprint density at radius 3 is 1.55 bits per heavy atom. The van der Waals surface area contributed by atoms with Gasteiger partial charge in [-0.15, -0.1) is 0 Å². The SMILES string of the molecule is CCCCCCCCCCCCCCCCCCOS(=O)(=O)c1cccc(C)c1C.N. The van der Waals surface area contributed by atoms with Crippen molar-refractivity contribution < 1.29 is 12.6 Å². The van der Waals surface area contributed by atoms with E-state index in [9.17, 15) is 8.42 Å². The van der Waals surface area contributed by atoms with Crippen LogP contribution in [-0.2, 0) is 14.3 Å². The monoisotopic (exact) mass is 455 g/mol. The van der Waals surface area contributed by atoms with E-state index < -0.39 is 10.1 Å². The summed E-state index contributed by atoms with van der Waals surface area (Å²) in [6.45, 7) is 6.31. The largest absolute Gasteiger partial charge is 0.344 e. The van der Waals surface area contributed by atoms with E-state index in [1.165, 1.54) is 89.9 Å². The molecule has 0 aliphatic carbocycles. The highest BCUT2D eigenvalue weighted by atomic mass is 32.2. The summed E-state index contributed by atoms with van der Waals surface area (Å²) in [5.41, 5.74) is 1.76. The molecule has 182 valence electrons. The van der Waals surface area contributed by atoms with E-state index in [1.807, 2.05) is 19.9 Å². The zero-order valence-electron chi connectivity index (χ0n) is 20.6. The molecule has 0 heterocycles. The van der Waals surface area contributed by atoms with Gasteiger partial charge in [0.2, 0.25) is 0 Å². The molecule has 0 aromatic heterocycles. The summed E-state index contributed by atoms with van der Waals surface area (Å²) in [5.74, 6) is 0. The number of benzene rings is 1. The molecule has 0 saturated heterocycles. The molecule has 0 radical (unpaired) electrons. The van der Waals surface area contributed by atoms with E-state index in [4.69, 9.17) is 4.18 Å². The van der Waals surface area contributed by atoms with Gasteiger partial charge in [-0.25, -0.2) is 0 Å². The van der Waals surface area contributed by atoms with Gasteiger partial charge in [0.15, 0.2) is 0 Å². The molecule has 1 aromatic carbocycles. The first-order chi connectivity index (χ1) is 14.5. The maximum atomic E-state index is 12.3. The van der Waals surface area contributed by atoms with Crippen molar-refractivity contribution in [2.24, 2.45) is 0 Å². The average molecular weight is 456 g/mol. The lowest BCUT2D eigenvalue weighted by molar-refractivity contribution is 0.306.